The molecule has 0 saturated carbocycles. The van der Waals surface area contributed by atoms with Gasteiger partial charge in [0.2, 0.25) is 0 Å². The van der Waals surface area contributed by atoms with Crippen molar-refractivity contribution in [1.82, 2.24) is 19.1 Å². The molecule has 0 unspecified atom stereocenters. The normalized spacial score (nSPS) is 11.0. The molecule has 2 aliphatic rings. The second-order valence-electron chi connectivity index (χ2n) is 5.79. The van der Waals surface area contributed by atoms with Crippen LogP contribution in [0.15, 0.2) is 21.7 Å². The molecule has 134 valence electrons. The van der Waals surface area contributed by atoms with Crippen LogP contribution in [0, 0.1) is 13.8 Å². The van der Waals surface area contributed by atoms with Crippen LogP contribution in [0.25, 0.3) is 22.6 Å². The highest BCUT2D eigenvalue weighted by molar-refractivity contribution is 5.85. The Labute approximate surface area is 150 Å². The molecule has 4 N–H and O–H groups in total. The van der Waals surface area contributed by atoms with Gasteiger partial charge in [-0.2, -0.15) is 4.98 Å². The zero-order valence-electron chi connectivity index (χ0n) is 14.2. The number of fused-ring (bicyclic) bond motifs is 2. The molecule has 1 aromatic carbocycles. The van der Waals surface area contributed by atoms with Gasteiger partial charge in [0.15, 0.2) is 11.5 Å². The van der Waals surface area contributed by atoms with Crippen LogP contribution in [-0.2, 0) is 13.1 Å². The number of hydrogen-bond acceptors (Lipinski definition) is 6. The van der Waals surface area contributed by atoms with Gasteiger partial charge in [-0.1, -0.05) is 0 Å². The van der Waals surface area contributed by atoms with E-state index >= 15 is 0 Å². The number of halogens is 1. The molecule has 3 rings (SSSR count). The Bertz CT molecular complexity index is 1010. The van der Waals surface area contributed by atoms with E-state index in [4.69, 9.17) is 11.5 Å². The van der Waals surface area contributed by atoms with Gasteiger partial charge in [0.25, 0.3) is 5.56 Å². The van der Waals surface area contributed by atoms with Gasteiger partial charge in [-0.3, -0.25) is 9.36 Å². The van der Waals surface area contributed by atoms with Crippen molar-refractivity contribution in [3.8, 4) is 11.5 Å². The highest BCUT2D eigenvalue weighted by atomic mass is 35.5. The lowest BCUT2D eigenvalue weighted by Crippen LogP contribution is -2.40. The number of nitrogens with zero attached hydrogens (tertiary/aromatic N) is 4. The number of benzene rings is 1. The Morgan fingerprint density at radius 2 is 1.56 bits per heavy atom. The third kappa shape index (κ3) is 3.15. The molecule has 0 spiro atoms. The molecule has 0 radical (unpaired) electrons. The SMILES string of the molecule is Cc1cc2nc3c(=O)n(CCN)c(=O)nc-3n(CCN)c2cc1C.Cl. The molecule has 2 heterocycles. The molecule has 0 saturated heterocycles. The zero-order valence-corrected chi connectivity index (χ0v) is 15.0. The molecular weight excluding hydrogens is 344 g/mol. The third-order valence-electron chi connectivity index (χ3n) is 4.17. The van der Waals surface area contributed by atoms with E-state index < -0.39 is 11.2 Å². The van der Waals surface area contributed by atoms with Crippen LogP contribution in [0.2, 0.25) is 0 Å². The topological polar surface area (TPSA) is 122 Å². The standard InChI is InChI=1S/C16H20N6O2.ClH/c1-9-7-11-12(8-10(9)2)21(5-3-17)14-13(19-11)15(23)22(6-4-18)16(24)20-14;/h7-8H,3-6,17-18H2,1-2H3;1H. The monoisotopic (exact) mass is 364 g/mol. The van der Waals surface area contributed by atoms with Crippen LogP contribution in [0.1, 0.15) is 11.1 Å². The van der Waals surface area contributed by atoms with Crippen molar-refractivity contribution in [2.24, 2.45) is 11.5 Å². The first kappa shape index (κ1) is 19.0. The highest BCUT2D eigenvalue weighted by Crippen LogP contribution is 2.23. The maximum absolute atomic E-state index is 12.7. The van der Waals surface area contributed by atoms with Crippen molar-refractivity contribution >= 4 is 23.4 Å². The molecular formula is C16H21ClN6O2. The second-order valence-corrected chi connectivity index (χ2v) is 5.79. The van der Waals surface area contributed by atoms with E-state index in [0.717, 1.165) is 21.2 Å². The number of aryl methyl sites for hydroxylation is 2. The lowest BCUT2D eigenvalue weighted by atomic mass is 10.1. The number of rotatable bonds is 4. The predicted octanol–water partition coefficient (Wildman–Crippen LogP) is 0.0140. The van der Waals surface area contributed by atoms with Gasteiger partial charge in [0, 0.05) is 26.2 Å². The summed E-state index contributed by atoms with van der Waals surface area (Å²) in [5, 5.41) is 0. The average molecular weight is 365 g/mol. The van der Waals surface area contributed by atoms with E-state index in [1.807, 2.05) is 26.0 Å². The largest absolute Gasteiger partial charge is 0.352 e. The van der Waals surface area contributed by atoms with E-state index in [1.165, 1.54) is 0 Å². The molecule has 0 amide bonds. The van der Waals surface area contributed by atoms with Crippen LogP contribution in [-0.4, -0.2) is 32.2 Å². The fourth-order valence-electron chi connectivity index (χ4n) is 2.81. The minimum absolute atomic E-state index is 0. The van der Waals surface area contributed by atoms with Crippen LogP contribution in [0.4, 0.5) is 0 Å². The molecule has 0 aromatic heterocycles. The summed E-state index contributed by atoms with van der Waals surface area (Å²) in [7, 11) is 0. The van der Waals surface area contributed by atoms with E-state index in [-0.39, 0.29) is 37.0 Å². The molecule has 0 aliphatic carbocycles. The average Bonchev–Trinajstić information content (AvgIpc) is 2.54. The van der Waals surface area contributed by atoms with Crippen molar-refractivity contribution in [1.29, 1.82) is 0 Å². The minimum Gasteiger partial charge on any atom is -0.329 e. The van der Waals surface area contributed by atoms with Crippen LogP contribution < -0.4 is 22.7 Å². The first-order valence-corrected chi connectivity index (χ1v) is 7.80. The summed E-state index contributed by atoms with van der Waals surface area (Å²) < 4.78 is 2.81. The number of hydrogen-bond donors (Lipinski definition) is 2. The highest BCUT2D eigenvalue weighted by Gasteiger charge is 2.21. The Kier molecular flexibility index (Phi) is 5.56. The summed E-state index contributed by atoms with van der Waals surface area (Å²) in [5.74, 6) is 0.263. The predicted molar refractivity (Wildman–Crippen MR) is 99.5 cm³/mol. The molecule has 8 nitrogen and oxygen atoms in total. The molecule has 2 aliphatic heterocycles. The lowest BCUT2D eigenvalue weighted by Gasteiger charge is -2.18. The fraction of sp³-hybridized carbons (Fsp3) is 0.375. The first-order valence-electron chi connectivity index (χ1n) is 7.80. The quantitative estimate of drug-likeness (QED) is 0.629. The van der Waals surface area contributed by atoms with Crippen molar-refractivity contribution in [2.45, 2.75) is 26.9 Å². The first-order chi connectivity index (χ1) is 11.5. The van der Waals surface area contributed by atoms with E-state index in [0.29, 0.717) is 18.6 Å². The van der Waals surface area contributed by atoms with Crippen molar-refractivity contribution < 1.29 is 0 Å². The summed E-state index contributed by atoms with van der Waals surface area (Å²) in [6.45, 7) is 5.07. The van der Waals surface area contributed by atoms with Gasteiger partial charge in [-0.05, 0) is 37.1 Å². The summed E-state index contributed by atoms with van der Waals surface area (Å²) in [6, 6.07) is 3.90. The van der Waals surface area contributed by atoms with Crippen molar-refractivity contribution in [2.75, 3.05) is 13.1 Å². The van der Waals surface area contributed by atoms with Crippen molar-refractivity contribution in [3.05, 3.63) is 44.1 Å². The van der Waals surface area contributed by atoms with Crippen molar-refractivity contribution in [3.63, 3.8) is 0 Å². The summed E-state index contributed by atoms with van der Waals surface area (Å²) in [6.07, 6.45) is 0. The smallest absolute Gasteiger partial charge is 0.329 e. The Balaban J connectivity index is 0.00000225. The Hall–Kier alpha value is -2.29. The number of aromatic nitrogens is 4. The Morgan fingerprint density at radius 1 is 0.960 bits per heavy atom. The molecule has 0 bridgehead atoms. The van der Waals surface area contributed by atoms with Crippen LogP contribution in [0.5, 0.6) is 0 Å². The lowest BCUT2D eigenvalue weighted by molar-refractivity contribution is 0.622. The van der Waals surface area contributed by atoms with Gasteiger partial charge < -0.3 is 16.0 Å². The number of nitrogens with two attached hydrogens (primary N) is 2. The summed E-state index contributed by atoms with van der Waals surface area (Å²) >= 11 is 0. The molecule has 0 atom stereocenters. The Morgan fingerprint density at radius 3 is 2.20 bits per heavy atom. The van der Waals surface area contributed by atoms with E-state index in [2.05, 4.69) is 9.97 Å². The van der Waals surface area contributed by atoms with Gasteiger partial charge in [0.1, 0.15) is 0 Å². The van der Waals surface area contributed by atoms with Crippen LogP contribution >= 0.6 is 12.4 Å². The molecule has 25 heavy (non-hydrogen) atoms. The summed E-state index contributed by atoms with van der Waals surface area (Å²) in [5.41, 5.74) is 13.9. The van der Waals surface area contributed by atoms with Gasteiger partial charge >= 0.3 is 5.69 Å². The maximum atomic E-state index is 12.7. The van der Waals surface area contributed by atoms with E-state index in [9.17, 15) is 9.59 Å². The molecule has 0 fully saturated rings. The minimum atomic E-state index is -0.617. The van der Waals surface area contributed by atoms with Gasteiger partial charge in [0.05, 0.1) is 11.0 Å². The summed E-state index contributed by atoms with van der Waals surface area (Å²) in [4.78, 5) is 33.4. The zero-order chi connectivity index (χ0) is 17.4. The van der Waals surface area contributed by atoms with Gasteiger partial charge in [-0.25, -0.2) is 9.78 Å². The second kappa shape index (κ2) is 7.30. The van der Waals surface area contributed by atoms with E-state index in [1.54, 1.807) is 4.57 Å². The fourth-order valence-corrected chi connectivity index (χ4v) is 2.81. The molecule has 1 aromatic rings. The molecule has 9 heteroatoms. The van der Waals surface area contributed by atoms with Crippen LogP contribution in [0.3, 0.4) is 0 Å². The maximum Gasteiger partial charge on any atom is 0.352 e. The van der Waals surface area contributed by atoms with Gasteiger partial charge in [-0.15, -0.1) is 12.4 Å². The third-order valence-corrected chi connectivity index (χ3v) is 4.17.